The number of allylic oxidation sites excluding steroid dienone is 3. The molecule has 0 spiro atoms. The summed E-state index contributed by atoms with van der Waals surface area (Å²) in [5, 5.41) is 4.00. The summed E-state index contributed by atoms with van der Waals surface area (Å²) in [7, 11) is 3.17. The molecule has 8 heteroatoms. The molecule has 2 unspecified atom stereocenters. The molecule has 0 fully saturated rings. The van der Waals surface area contributed by atoms with Gasteiger partial charge in [-0.25, -0.2) is 4.79 Å². The topological polar surface area (TPSA) is 73.9 Å². The predicted octanol–water partition coefficient (Wildman–Crippen LogP) is 5.94. The number of ketones is 1. The number of halogens is 2. The lowest BCUT2D eigenvalue weighted by molar-refractivity contribution is -0.138. The average molecular weight is 516 g/mol. The molecule has 6 nitrogen and oxygen atoms in total. The Kier molecular flexibility index (Phi) is 7.43. The molecule has 0 bridgehead atoms. The SMILES string of the molecule is CCOC(=O)C1=C(C)NC2=C(C(=O)CC(c3ccc(OC)c(OC)c3)C2)C1c1cccc(Cl)c1Cl. The fraction of sp³-hybridized carbons (Fsp3) is 0.333. The third kappa shape index (κ3) is 4.65. The summed E-state index contributed by atoms with van der Waals surface area (Å²) in [5.41, 5.74) is 3.87. The molecule has 35 heavy (non-hydrogen) atoms. The van der Waals surface area contributed by atoms with E-state index in [2.05, 4.69) is 5.32 Å². The zero-order chi connectivity index (χ0) is 25.3. The summed E-state index contributed by atoms with van der Waals surface area (Å²) in [5.74, 6) is -0.0502. The highest BCUT2D eigenvalue weighted by Crippen LogP contribution is 2.48. The van der Waals surface area contributed by atoms with E-state index in [-0.39, 0.29) is 24.7 Å². The fourth-order valence-corrected chi connectivity index (χ4v) is 5.33. The molecule has 1 aliphatic carbocycles. The van der Waals surface area contributed by atoms with Crippen molar-refractivity contribution in [3.8, 4) is 11.5 Å². The maximum atomic E-state index is 13.7. The summed E-state index contributed by atoms with van der Waals surface area (Å²) in [6.07, 6.45) is 0.860. The number of methoxy groups -OCH3 is 2. The van der Waals surface area contributed by atoms with E-state index in [4.69, 9.17) is 37.4 Å². The number of nitrogens with one attached hydrogen (secondary N) is 1. The molecule has 184 valence electrons. The third-order valence-corrected chi connectivity index (χ3v) is 7.33. The summed E-state index contributed by atoms with van der Waals surface area (Å²) in [4.78, 5) is 26.7. The first kappa shape index (κ1) is 25.1. The Morgan fingerprint density at radius 2 is 1.83 bits per heavy atom. The van der Waals surface area contributed by atoms with Crippen LogP contribution in [0.2, 0.25) is 10.0 Å². The molecule has 0 aromatic heterocycles. The molecule has 1 heterocycles. The number of hydrogen-bond donors (Lipinski definition) is 1. The second kappa shape index (κ2) is 10.3. The molecule has 4 rings (SSSR count). The molecule has 0 saturated carbocycles. The van der Waals surface area contributed by atoms with Gasteiger partial charge in [-0.05, 0) is 55.5 Å². The molecule has 1 N–H and O–H groups in total. The van der Waals surface area contributed by atoms with Gasteiger partial charge in [0.25, 0.3) is 0 Å². The van der Waals surface area contributed by atoms with E-state index in [0.717, 1.165) is 11.3 Å². The van der Waals surface area contributed by atoms with E-state index in [1.165, 1.54) is 0 Å². The number of carbonyl (C=O) groups is 2. The van der Waals surface area contributed by atoms with E-state index in [0.29, 0.717) is 50.4 Å². The van der Waals surface area contributed by atoms with Crippen molar-refractivity contribution in [1.82, 2.24) is 5.32 Å². The number of dihydropyridines is 1. The zero-order valence-corrected chi connectivity index (χ0v) is 21.5. The van der Waals surface area contributed by atoms with E-state index >= 15 is 0 Å². The van der Waals surface area contributed by atoms with Crippen molar-refractivity contribution in [2.45, 2.75) is 38.5 Å². The van der Waals surface area contributed by atoms with Crippen molar-refractivity contribution in [3.63, 3.8) is 0 Å². The van der Waals surface area contributed by atoms with Crippen LogP contribution in [0.3, 0.4) is 0 Å². The maximum Gasteiger partial charge on any atom is 0.336 e. The Hall–Kier alpha value is -2.96. The minimum atomic E-state index is -0.671. The van der Waals surface area contributed by atoms with Crippen LogP contribution in [0, 0.1) is 0 Å². The van der Waals surface area contributed by atoms with Crippen LogP contribution in [0.25, 0.3) is 0 Å². The largest absolute Gasteiger partial charge is 0.493 e. The first-order valence-electron chi connectivity index (χ1n) is 11.4. The van der Waals surface area contributed by atoms with Gasteiger partial charge in [-0.15, -0.1) is 0 Å². The quantitative estimate of drug-likeness (QED) is 0.480. The second-order valence-corrected chi connectivity index (χ2v) is 9.28. The number of esters is 1. The number of hydrogen-bond acceptors (Lipinski definition) is 6. The number of Topliss-reactive ketones (excluding diaryl/α,β-unsaturated/α-hetero) is 1. The van der Waals surface area contributed by atoms with Crippen LogP contribution >= 0.6 is 23.2 Å². The Labute approximate surface area is 214 Å². The summed E-state index contributed by atoms with van der Waals surface area (Å²) < 4.78 is 16.2. The molecular formula is C27H27Cl2NO5. The van der Waals surface area contributed by atoms with Gasteiger partial charge in [-0.3, -0.25) is 4.79 Å². The molecule has 2 atom stereocenters. The minimum absolute atomic E-state index is 0.0612. The van der Waals surface area contributed by atoms with Crippen LogP contribution in [0.4, 0.5) is 0 Å². The van der Waals surface area contributed by atoms with Crippen LogP contribution in [-0.4, -0.2) is 32.6 Å². The monoisotopic (exact) mass is 515 g/mol. The molecule has 2 aromatic rings. The van der Waals surface area contributed by atoms with Crippen molar-refractivity contribution < 1.29 is 23.8 Å². The standard InChI is InChI=1S/C27H27Cl2NO5/c1-5-35-27(32)23-14(2)30-19-11-16(15-9-10-21(33-3)22(13-15)34-4)12-20(31)25(19)24(23)17-7-6-8-18(28)26(17)29/h6-10,13,16,24,30H,5,11-12H2,1-4H3. The maximum absolute atomic E-state index is 13.7. The molecule has 0 amide bonds. The van der Waals surface area contributed by atoms with E-state index in [1.54, 1.807) is 39.3 Å². The molecule has 2 aliphatic rings. The second-order valence-electron chi connectivity index (χ2n) is 8.50. The minimum Gasteiger partial charge on any atom is -0.493 e. The predicted molar refractivity (Wildman–Crippen MR) is 135 cm³/mol. The van der Waals surface area contributed by atoms with Gasteiger partial charge in [-0.1, -0.05) is 41.4 Å². The highest BCUT2D eigenvalue weighted by Gasteiger charge is 2.42. The lowest BCUT2D eigenvalue weighted by Gasteiger charge is -2.37. The highest BCUT2D eigenvalue weighted by molar-refractivity contribution is 6.42. The van der Waals surface area contributed by atoms with Gasteiger partial charge < -0.3 is 19.5 Å². The van der Waals surface area contributed by atoms with Crippen molar-refractivity contribution in [2.75, 3.05) is 20.8 Å². The van der Waals surface area contributed by atoms with Crippen molar-refractivity contribution in [1.29, 1.82) is 0 Å². The van der Waals surface area contributed by atoms with Gasteiger partial charge in [0.1, 0.15) is 0 Å². The Morgan fingerprint density at radius 3 is 2.51 bits per heavy atom. The van der Waals surface area contributed by atoms with E-state index in [1.807, 2.05) is 25.1 Å². The van der Waals surface area contributed by atoms with Gasteiger partial charge in [-0.2, -0.15) is 0 Å². The Balaban J connectivity index is 1.81. The first-order chi connectivity index (χ1) is 16.8. The van der Waals surface area contributed by atoms with Crippen LogP contribution in [-0.2, 0) is 14.3 Å². The van der Waals surface area contributed by atoms with Crippen LogP contribution in [0.15, 0.2) is 58.9 Å². The summed E-state index contributed by atoms with van der Waals surface area (Å²) >= 11 is 12.9. The van der Waals surface area contributed by atoms with Crippen molar-refractivity contribution in [3.05, 3.63) is 80.1 Å². The summed E-state index contributed by atoms with van der Waals surface area (Å²) in [6.45, 7) is 3.77. The van der Waals surface area contributed by atoms with Gasteiger partial charge in [0, 0.05) is 29.3 Å². The molecule has 0 saturated heterocycles. The zero-order valence-electron chi connectivity index (χ0n) is 20.0. The normalized spacial score (nSPS) is 19.8. The van der Waals surface area contributed by atoms with Crippen LogP contribution in [0.1, 0.15) is 49.7 Å². The van der Waals surface area contributed by atoms with Gasteiger partial charge >= 0.3 is 5.97 Å². The van der Waals surface area contributed by atoms with Crippen LogP contribution in [0.5, 0.6) is 11.5 Å². The number of benzene rings is 2. The Morgan fingerprint density at radius 1 is 1.09 bits per heavy atom. The van der Waals surface area contributed by atoms with E-state index in [9.17, 15) is 9.59 Å². The van der Waals surface area contributed by atoms with Gasteiger partial charge in [0.05, 0.1) is 36.4 Å². The molecule has 0 radical (unpaired) electrons. The van der Waals surface area contributed by atoms with Crippen molar-refractivity contribution in [2.24, 2.45) is 0 Å². The first-order valence-corrected chi connectivity index (χ1v) is 12.1. The molecule has 1 aliphatic heterocycles. The average Bonchev–Trinajstić information content (AvgIpc) is 2.84. The third-order valence-electron chi connectivity index (χ3n) is 6.49. The number of rotatable bonds is 6. The lowest BCUT2D eigenvalue weighted by atomic mass is 9.71. The Bertz CT molecular complexity index is 1250. The molecule has 2 aromatic carbocycles. The fourth-order valence-electron chi connectivity index (χ4n) is 4.92. The number of carbonyl (C=O) groups excluding carboxylic acids is 2. The van der Waals surface area contributed by atoms with Gasteiger partial charge in [0.15, 0.2) is 17.3 Å². The highest BCUT2D eigenvalue weighted by atomic mass is 35.5. The smallest absolute Gasteiger partial charge is 0.336 e. The lowest BCUT2D eigenvalue weighted by Crippen LogP contribution is -2.36. The van der Waals surface area contributed by atoms with Gasteiger partial charge in [0.2, 0.25) is 0 Å². The summed E-state index contributed by atoms with van der Waals surface area (Å²) in [6, 6.07) is 10.9. The van der Waals surface area contributed by atoms with Crippen molar-refractivity contribution >= 4 is 35.0 Å². The number of ether oxygens (including phenoxy) is 3. The van der Waals surface area contributed by atoms with E-state index < -0.39 is 11.9 Å². The molecular weight excluding hydrogens is 489 g/mol. The van der Waals surface area contributed by atoms with Crippen LogP contribution < -0.4 is 14.8 Å².